The number of carbonyl (C=O) groups excluding carboxylic acids is 2. The van der Waals surface area contributed by atoms with Crippen LogP contribution in [0.2, 0.25) is 0 Å². The molecule has 1 aromatic rings. The Labute approximate surface area is 176 Å². The van der Waals surface area contributed by atoms with Crippen molar-refractivity contribution in [1.82, 2.24) is 10.7 Å². The van der Waals surface area contributed by atoms with Crippen LogP contribution >= 0.6 is 0 Å². The molecule has 1 rings (SSSR count). The van der Waals surface area contributed by atoms with Crippen LogP contribution in [0.4, 0.5) is 0 Å². The van der Waals surface area contributed by atoms with Gasteiger partial charge in [-0.15, -0.1) is 0 Å². The third-order valence-electron chi connectivity index (χ3n) is 4.93. The summed E-state index contributed by atoms with van der Waals surface area (Å²) in [5.41, 5.74) is 4.51. The van der Waals surface area contributed by atoms with Gasteiger partial charge in [0.15, 0.2) is 0 Å². The molecule has 29 heavy (non-hydrogen) atoms. The minimum Gasteiger partial charge on any atom is -0.347 e. The normalized spacial score (nSPS) is 11.0. The number of unbranched alkanes of at least 4 members (excludes halogenated alkanes) is 10. The molecule has 0 bridgehead atoms. The molecule has 162 valence electrons. The van der Waals surface area contributed by atoms with E-state index in [1.54, 1.807) is 6.21 Å². The van der Waals surface area contributed by atoms with Gasteiger partial charge in [-0.25, -0.2) is 5.43 Å². The molecule has 0 aliphatic rings. The first-order valence-electron chi connectivity index (χ1n) is 11.3. The molecule has 0 aliphatic heterocycles. The molecule has 0 spiro atoms. The highest BCUT2D eigenvalue weighted by molar-refractivity contribution is 5.86. The van der Waals surface area contributed by atoms with Gasteiger partial charge in [-0.2, -0.15) is 5.10 Å². The summed E-state index contributed by atoms with van der Waals surface area (Å²) >= 11 is 0. The van der Waals surface area contributed by atoms with Crippen molar-refractivity contribution in [3.05, 3.63) is 35.4 Å². The maximum atomic E-state index is 11.8. The van der Waals surface area contributed by atoms with E-state index in [1.807, 2.05) is 31.2 Å². The van der Waals surface area contributed by atoms with Crippen LogP contribution in [0.3, 0.4) is 0 Å². The predicted molar refractivity (Wildman–Crippen MR) is 121 cm³/mol. The van der Waals surface area contributed by atoms with Crippen LogP contribution in [-0.4, -0.2) is 24.6 Å². The van der Waals surface area contributed by atoms with Crippen molar-refractivity contribution in [1.29, 1.82) is 0 Å². The lowest BCUT2D eigenvalue weighted by atomic mass is 10.1. The Balaban J connectivity index is 1.95. The fourth-order valence-electron chi connectivity index (χ4n) is 3.09. The van der Waals surface area contributed by atoms with E-state index in [2.05, 4.69) is 22.8 Å². The van der Waals surface area contributed by atoms with Crippen molar-refractivity contribution < 1.29 is 9.59 Å². The highest BCUT2D eigenvalue weighted by Gasteiger charge is 2.04. The van der Waals surface area contributed by atoms with Crippen LogP contribution in [0.5, 0.6) is 0 Å². The Morgan fingerprint density at radius 3 is 1.97 bits per heavy atom. The number of rotatable bonds is 16. The van der Waals surface area contributed by atoms with E-state index >= 15 is 0 Å². The summed E-state index contributed by atoms with van der Waals surface area (Å²) in [7, 11) is 0. The van der Waals surface area contributed by atoms with E-state index in [0.29, 0.717) is 6.42 Å². The Hall–Kier alpha value is -2.17. The molecule has 1 aromatic carbocycles. The van der Waals surface area contributed by atoms with Gasteiger partial charge in [-0.05, 0) is 18.9 Å². The summed E-state index contributed by atoms with van der Waals surface area (Å²) in [6, 6.07) is 7.83. The molecule has 2 amide bonds. The number of nitrogens with one attached hydrogen (secondary N) is 2. The molecule has 2 N–H and O–H groups in total. The molecule has 0 heterocycles. The molecule has 0 radical (unpaired) electrons. The molecular weight excluding hydrogens is 362 g/mol. The van der Waals surface area contributed by atoms with Crippen LogP contribution in [0.25, 0.3) is 0 Å². The van der Waals surface area contributed by atoms with Crippen molar-refractivity contribution >= 4 is 18.0 Å². The molecule has 0 saturated carbocycles. The average molecular weight is 402 g/mol. The highest BCUT2D eigenvalue weighted by atomic mass is 16.2. The molecular formula is C24H39N3O2. The molecule has 0 atom stereocenters. The number of carbonyl (C=O) groups is 2. The highest BCUT2D eigenvalue weighted by Crippen LogP contribution is 2.11. The first kappa shape index (κ1) is 24.9. The monoisotopic (exact) mass is 401 g/mol. The summed E-state index contributed by atoms with van der Waals surface area (Å²) in [4.78, 5) is 23.5. The van der Waals surface area contributed by atoms with Crippen LogP contribution in [0, 0.1) is 6.92 Å². The molecule has 0 saturated heterocycles. The molecule has 0 fully saturated rings. The SMILES string of the molecule is CCCCCCCCCCCCCC(=O)NCC(=O)N/N=C\c1ccc(C)cc1. The smallest absolute Gasteiger partial charge is 0.259 e. The van der Waals surface area contributed by atoms with E-state index in [-0.39, 0.29) is 18.4 Å². The number of hydrazone groups is 1. The Bertz CT molecular complexity index is 597. The molecule has 0 aromatic heterocycles. The van der Waals surface area contributed by atoms with Crippen molar-refractivity contribution in [3.8, 4) is 0 Å². The van der Waals surface area contributed by atoms with Crippen molar-refractivity contribution in [3.63, 3.8) is 0 Å². The Morgan fingerprint density at radius 2 is 1.38 bits per heavy atom. The first-order chi connectivity index (χ1) is 14.1. The second kappa shape index (κ2) is 16.8. The lowest BCUT2D eigenvalue weighted by Gasteiger charge is -2.05. The summed E-state index contributed by atoms with van der Waals surface area (Å²) in [6.07, 6.45) is 15.9. The fourth-order valence-corrected chi connectivity index (χ4v) is 3.09. The number of nitrogens with zero attached hydrogens (tertiary/aromatic N) is 1. The van der Waals surface area contributed by atoms with E-state index in [1.165, 1.54) is 63.4 Å². The van der Waals surface area contributed by atoms with E-state index < -0.39 is 0 Å². The number of hydrogen-bond donors (Lipinski definition) is 2. The summed E-state index contributed by atoms with van der Waals surface area (Å²) < 4.78 is 0. The minimum atomic E-state index is -0.319. The van der Waals surface area contributed by atoms with Gasteiger partial charge in [-0.1, -0.05) is 101 Å². The number of aryl methyl sites for hydroxylation is 1. The first-order valence-corrected chi connectivity index (χ1v) is 11.3. The van der Waals surface area contributed by atoms with Crippen molar-refractivity contribution in [2.24, 2.45) is 5.10 Å². The van der Waals surface area contributed by atoms with Gasteiger partial charge in [-0.3, -0.25) is 9.59 Å². The second-order valence-corrected chi connectivity index (χ2v) is 7.77. The van der Waals surface area contributed by atoms with Gasteiger partial charge >= 0.3 is 0 Å². The van der Waals surface area contributed by atoms with E-state index in [4.69, 9.17) is 0 Å². The zero-order valence-corrected chi connectivity index (χ0v) is 18.3. The molecule has 5 nitrogen and oxygen atoms in total. The summed E-state index contributed by atoms with van der Waals surface area (Å²) in [5.74, 6) is -0.390. The topological polar surface area (TPSA) is 70.6 Å². The third kappa shape index (κ3) is 14.5. The minimum absolute atomic E-state index is 0.0396. The van der Waals surface area contributed by atoms with Crippen molar-refractivity contribution in [2.45, 2.75) is 90.9 Å². The summed E-state index contributed by atoms with van der Waals surface area (Å²) in [5, 5.41) is 6.55. The van der Waals surface area contributed by atoms with E-state index in [9.17, 15) is 9.59 Å². The summed E-state index contributed by atoms with van der Waals surface area (Å²) in [6.45, 7) is 4.22. The average Bonchev–Trinajstić information content (AvgIpc) is 2.72. The van der Waals surface area contributed by atoms with Gasteiger partial charge in [0.1, 0.15) is 0 Å². The van der Waals surface area contributed by atoms with Crippen LogP contribution in [-0.2, 0) is 9.59 Å². The van der Waals surface area contributed by atoms with Gasteiger partial charge in [0.2, 0.25) is 5.91 Å². The zero-order valence-electron chi connectivity index (χ0n) is 18.3. The molecule has 0 aliphatic carbocycles. The third-order valence-corrected chi connectivity index (χ3v) is 4.93. The number of hydrogen-bond acceptors (Lipinski definition) is 3. The van der Waals surface area contributed by atoms with Gasteiger partial charge in [0.25, 0.3) is 5.91 Å². The van der Waals surface area contributed by atoms with E-state index in [0.717, 1.165) is 18.4 Å². The standard InChI is InChI=1S/C24H39N3O2/c1-3-4-5-6-7-8-9-10-11-12-13-14-23(28)25-20-24(29)27-26-19-22-17-15-21(2)16-18-22/h15-19H,3-14,20H2,1-2H3,(H,25,28)(H,27,29)/b26-19-. The zero-order chi connectivity index (χ0) is 21.2. The maximum Gasteiger partial charge on any atom is 0.259 e. The fraction of sp³-hybridized carbons (Fsp3) is 0.625. The quantitative estimate of drug-likeness (QED) is 0.225. The van der Waals surface area contributed by atoms with Crippen LogP contribution in [0.1, 0.15) is 95.1 Å². The number of amides is 2. The lowest BCUT2D eigenvalue weighted by molar-refractivity contribution is -0.126. The Morgan fingerprint density at radius 1 is 0.828 bits per heavy atom. The second-order valence-electron chi connectivity index (χ2n) is 7.77. The Kier molecular flexibility index (Phi) is 14.4. The molecule has 5 heteroatoms. The molecule has 0 unspecified atom stereocenters. The maximum absolute atomic E-state index is 11.8. The van der Waals surface area contributed by atoms with Crippen molar-refractivity contribution in [2.75, 3.05) is 6.54 Å². The largest absolute Gasteiger partial charge is 0.347 e. The van der Waals surface area contributed by atoms with Gasteiger partial charge < -0.3 is 5.32 Å². The van der Waals surface area contributed by atoms with Crippen LogP contribution < -0.4 is 10.7 Å². The van der Waals surface area contributed by atoms with Crippen LogP contribution in [0.15, 0.2) is 29.4 Å². The van der Waals surface area contributed by atoms with Gasteiger partial charge in [0.05, 0.1) is 12.8 Å². The predicted octanol–water partition coefficient (Wildman–Crippen LogP) is 5.26. The lowest BCUT2D eigenvalue weighted by Crippen LogP contribution is -2.34. The van der Waals surface area contributed by atoms with Gasteiger partial charge in [0, 0.05) is 6.42 Å². The number of benzene rings is 1.